The normalized spacial score (nSPS) is 12.7. The van der Waals surface area contributed by atoms with Crippen molar-refractivity contribution in [1.29, 1.82) is 0 Å². The number of nitrogens with two attached hydrogens (primary N) is 1. The molecule has 0 bridgehead atoms. The van der Waals surface area contributed by atoms with Crippen molar-refractivity contribution in [2.24, 2.45) is 5.73 Å². The van der Waals surface area contributed by atoms with E-state index in [0.717, 1.165) is 10.2 Å². The van der Waals surface area contributed by atoms with Crippen LogP contribution in [0.2, 0.25) is 0 Å². The molecule has 0 saturated carbocycles. The van der Waals surface area contributed by atoms with Gasteiger partial charge in [-0.25, -0.2) is 0 Å². The van der Waals surface area contributed by atoms with Gasteiger partial charge in [0, 0.05) is 6.54 Å². The van der Waals surface area contributed by atoms with Gasteiger partial charge >= 0.3 is 6.61 Å². The highest BCUT2D eigenvalue weighted by Gasteiger charge is 2.18. The second kappa shape index (κ2) is 6.32. The number of hydrogen-bond donors (Lipinski definition) is 1. The Morgan fingerprint density at radius 3 is 2.85 bits per heavy atom. The Morgan fingerprint density at radius 2 is 2.20 bits per heavy atom. The van der Waals surface area contributed by atoms with Crippen LogP contribution < -0.4 is 10.5 Å². The summed E-state index contributed by atoms with van der Waals surface area (Å²) in [7, 11) is 0. The average molecular weight is 346 g/mol. The molecular weight excluding hydrogens is 332 g/mol. The summed E-state index contributed by atoms with van der Waals surface area (Å²) in [5, 5.41) is 4.19. The van der Waals surface area contributed by atoms with Crippen molar-refractivity contribution < 1.29 is 13.5 Å². The molecule has 1 aromatic heterocycles. The minimum atomic E-state index is -2.85. The third-order valence-corrected chi connectivity index (χ3v) is 3.48. The molecule has 1 atom stereocenters. The first-order chi connectivity index (χ1) is 9.52. The van der Waals surface area contributed by atoms with Gasteiger partial charge in [0.2, 0.25) is 0 Å². The van der Waals surface area contributed by atoms with Gasteiger partial charge in [-0.3, -0.25) is 4.68 Å². The number of ether oxygens (including phenoxy) is 1. The fraction of sp³-hybridized carbons (Fsp3) is 0.308. The number of nitrogens with zero attached hydrogens (tertiary/aromatic N) is 2. The topological polar surface area (TPSA) is 53.1 Å². The van der Waals surface area contributed by atoms with E-state index in [2.05, 4.69) is 25.8 Å². The molecular formula is C13H14BrF2N3O. The zero-order chi connectivity index (χ0) is 14.7. The maximum atomic E-state index is 12.2. The van der Waals surface area contributed by atoms with E-state index >= 15 is 0 Å². The SMILES string of the molecule is CCn1ncc(Br)c1C(N)c1cccc(OC(F)F)c1. The highest BCUT2D eigenvalue weighted by atomic mass is 79.9. The largest absolute Gasteiger partial charge is 0.435 e. The zero-order valence-electron chi connectivity index (χ0n) is 10.8. The van der Waals surface area contributed by atoms with E-state index in [1.54, 1.807) is 23.0 Å². The summed E-state index contributed by atoms with van der Waals surface area (Å²) in [5.41, 5.74) is 7.68. The molecule has 0 amide bonds. The molecule has 1 heterocycles. The summed E-state index contributed by atoms with van der Waals surface area (Å²) >= 11 is 3.40. The predicted molar refractivity (Wildman–Crippen MR) is 74.7 cm³/mol. The van der Waals surface area contributed by atoms with Gasteiger partial charge in [0.1, 0.15) is 5.75 Å². The lowest BCUT2D eigenvalue weighted by Gasteiger charge is -2.16. The Bertz CT molecular complexity index is 589. The van der Waals surface area contributed by atoms with Crippen molar-refractivity contribution in [3.63, 3.8) is 0 Å². The van der Waals surface area contributed by atoms with Crippen LogP contribution in [-0.4, -0.2) is 16.4 Å². The number of hydrogen-bond acceptors (Lipinski definition) is 3. The van der Waals surface area contributed by atoms with E-state index in [0.29, 0.717) is 12.1 Å². The lowest BCUT2D eigenvalue weighted by atomic mass is 10.0. The monoisotopic (exact) mass is 345 g/mol. The second-order valence-corrected chi connectivity index (χ2v) is 4.98. The highest BCUT2D eigenvalue weighted by molar-refractivity contribution is 9.10. The van der Waals surface area contributed by atoms with E-state index in [-0.39, 0.29) is 5.75 Å². The van der Waals surface area contributed by atoms with Gasteiger partial charge in [0.15, 0.2) is 0 Å². The first-order valence-corrected chi connectivity index (χ1v) is 6.83. The van der Waals surface area contributed by atoms with Crippen molar-refractivity contribution >= 4 is 15.9 Å². The number of halogens is 3. The van der Waals surface area contributed by atoms with Crippen LogP contribution >= 0.6 is 15.9 Å². The van der Waals surface area contributed by atoms with Crippen molar-refractivity contribution in [1.82, 2.24) is 9.78 Å². The molecule has 0 aliphatic heterocycles. The quantitative estimate of drug-likeness (QED) is 0.904. The fourth-order valence-corrected chi connectivity index (χ4v) is 2.52. The number of alkyl halides is 2. The molecule has 0 fully saturated rings. The van der Waals surface area contributed by atoms with Crippen molar-refractivity contribution in [3.05, 3.63) is 46.2 Å². The maximum Gasteiger partial charge on any atom is 0.387 e. The van der Waals surface area contributed by atoms with E-state index in [9.17, 15) is 8.78 Å². The van der Waals surface area contributed by atoms with Crippen LogP contribution in [0.3, 0.4) is 0 Å². The molecule has 0 saturated heterocycles. The van der Waals surface area contributed by atoms with Crippen LogP contribution in [0.15, 0.2) is 34.9 Å². The van der Waals surface area contributed by atoms with Crippen LogP contribution in [0.4, 0.5) is 8.78 Å². The average Bonchev–Trinajstić information content (AvgIpc) is 2.78. The van der Waals surface area contributed by atoms with Gasteiger partial charge in [-0.05, 0) is 40.5 Å². The summed E-state index contributed by atoms with van der Waals surface area (Å²) in [4.78, 5) is 0. The molecule has 2 N–H and O–H groups in total. The van der Waals surface area contributed by atoms with Gasteiger partial charge < -0.3 is 10.5 Å². The molecule has 2 aromatic rings. The van der Waals surface area contributed by atoms with Crippen LogP contribution in [0.1, 0.15) is 24.2 Å². The van der Waals surface area contributed by atoms with Crippen molar-refractivity contribution in [3.8, 4) is 5.75 Å². The minimum Gasteiger partial charge on any atom is -0.435 e. The molecule has 108 valence electrons. The van der Waals surface area contributed by atoms with Crippen LogP contribution in [0, 0.1) is 0 Å². The van der Waals surface area contributed by atoms with Crippen LogP contribution in [0.5, 0.6) is 5.75 Å². The lowest BCUT2D eigenvalue weighted by molar-refractivity contribution is -0.0498. The fourth-order valence-electron chi connectivity index (χ4n) is 1.98. The summed E-state index contributed by atoms with van der Waals surface area (Å²) < 4.78 is 31.4. The smallest absolute Gasteiger partial charge is 0.387 e. The van der Waals surface area contributed by atoms with Gasteiger partial charge in [0.25, 0.3) is 0 Å². The molecule has 0 aliphatic carbocycles. The van der Waals surface area contributed by atoms with Gasteiger partial charge in [-0.2, -0.15) is 13.9 Å². The van der Waals surface area contributed by atoms with Gasteiger partial charge in [-0.1, -0.05) is 12.1 Å². The Hall–Kier alpha value is -1.47. The Balaban J connectivity index is 2.33. The summed E-state index contributed by atoms with van der Waals surface area (Å²) in [6, 6.07) is 5.90. The molecule has 20 heavy (non-hydrogen) atoms. The first kappa shape index (κ1) is 14.9. The summed E-state index contributed by atoms with van der Waals surface area (Å²) in [6.07, 6.45) is 1.66. The van der Waals surface area contributed by atoms with E-state index in [1.807, 2.05) is 6.92 Å². The van der Waals surface area contributed by atoms with E-state index < -0.39 is 12.7 Å². The minimum absolute atomic E-state index is 0.0895. The molecule has 0 radical (unpaired) electrons. The third-order valence-electron chi connectivity index (χ3n) is 2.87. The number of rotatable bonds is 5. The molecule has 2 rings (SSSR count). The molecule has 1 unspecified atom stereocenters. The molecule has 1 aromatic carbocycles. The second-order valence-electron chi connectivity index (χ2n) is 4.12. The third kappa shape index (κ3) is 3.16. The number of aryl methyl sites for hydroxylation is 1. The predicted octanol–water partition coefficient (Wildman–Crippen LogP) is 3.32. The first-order valence-electron chi connectivity index (χ1n) is 6.04. The van der Waals surface area contributed by atoms with Crippen LogP contribution in [-0.2, 0) is 6.54 Å². The highest BCUT2D eigenvalue weighted by Crippen LogP contribution is 2.28. The zero-order valence-corrected chi connectivity index (χ0v) is 12.3. The van der Waals surface area contributed by atoms with E-state index in [4.69, 9.17) is 5.73 Å². The lowest BCUT2D eigenvalue weighted by Crippen LogP contribution is -2.18. The van der Waals surface area contributed by atoms with E-state index in [1.165, 1.54) is 12.1 Å². The number of aromatic nitrogens is 2. The summed E-state index contributed by atoms with van der Waals surface area (Å²) in [5.74, 6) is 0.0895. The molecule has 0 spiro atoms. The van der Waals surface area contributed by atoms with Crippen molar-refractivity contribution in [2.45, 2.75) is 26.1 Å². The van der Waals surface area contributed by atoms with Gasteiger partial charge in [0.05, 0.1) is 22.4 Å². The maximum absolute atomic E-state index is 12.2. The number of benzene rings is 1. The van der Waals surface area contributed by atoms with Crippen molar-refractivity contribution in [2.75, 3.05) is 0 Å². The van der Waals surface area contributed by atoms with Crippen LogP contribution in [0.25, 0.3) is 0 Å². The molecule has 0 aliphatic rings. The molecule has 7 heteroatoms. The Labute approximate surface area is 123 Å². The Kier molecular flexibility index (Phi) is 4.72. The van der Waals surface area contributed by atoms with Gasteiger partial charge in [-0.15, -0.1) is 0 Å². The summed E-state index contributed by atoms with van der Waals surface area (Å²) in [6.45, 7) is -0.234. The standard InChI is InChI=1S/C13H14BrF2N3O/c1-2-19-12(10(14)7-18-19)11(17)8-4-3-5-9(6-8)20-13(15)16/h3-7,11,13H,2,17H2,1H3. The Morgan fingerprint density at radius 1 is 1.45 bits per heavy atom. The molecule has 4 nitrogen and oxygen atoms in total.